The van der Waals surface area contributed by atoms with Crippen LogP contribution in [0.5, 0.6) is 0 Å². The fourth-order valence-electron chi connectivity index (χ4n) is 2.49. The maximum absolute atomic E-state index is 13.6. The maximum Gasteiger partial charge on any atom is 0.253 e. The lowest BCUT2D eigenvalue weighted by molar-refractivity contribution is 0.584. The molecule has 0 saturated carbocycles. The van der Waals surface area contributed by atoms with E-state index in [1.807, 2.05) is 0 Å². The second kappa shape index (κ2) is 5.45. The van der Waals surface area contributed by atoms with Gasteiger partial charge in [-0.05, 0) is 42.5 Å². The number of benzene rings is 2. The van der Waals surface area contributed by atoms with Crippen LogP contribution in [0.15, 0.2) is 54.9 Å². The molecule has 0 unspecified atom stereocenters. The molecule has 0 bridgehead atoms. The van der Waals surface area contributed by atoms with Gasteiger partial charge in [-0.2, -0.15) is 14.6 Å². The summed E-state index contributed by atoms with van der Waals surface area (Å²) in [5.41, 5.74) is 1.87. The van der Waals surface area contributed by atoms with Crippen LogP contribution in [0.1, 0.15) is 0 Å². The number of rotatable bonds is 2. The summed E-state index contributed by atoms with van der Waals surface area (Å²) >= 11 is 0. The van der Waals surface area contributed by atoms with Gasteiger partial charge in [-0.15, -0.1) is 0 Å². The summed E-state index contributed by atoms with van der Waals surface area (Å²) in [6, 6.07) is 10.6. The number of aromatic nitrogens is 4. The van der Waals surface area contributed by atoms with E-state index < -0.39 is 11.6 Å². The Morgan fingerprint density at radius 1 is 0.750 bits per heavy atom. The summed E-state index contributed by atoms with van der Waals surface area (Å²) in [7, 11) is 0. The highest BCUT2D eigenvalue weighted by molar-refractivity contribution is 5.70. The summed E-state index contributed by atoms with van der Waals surface area (Å²) in [5, 5.41) is 4.04. The first-order valence-electron chi connectivity index (χ1n) is 7.03. The van der Waals surface area contributed by atoms with Crippen molar-refractivity contribution in [3.05, 3.63) is 72.3 Å². The van der Waals surface area contributed by atoms with Gasteiger partial charge in [-0.25, -0.2) is 18.2 Å². The molecule has 0 fully saturated rings. The molecule has 0 spiro atoms. The zero-order valence-electron chi connectivity index (χ0n) is 12.1. The first-order valence-corrected chi connectivity index (χ1v) is 7.03. The van der Waals surface area contributed by atoms with Crippen LogP contribution in [0.4, 0.5) is 13.2 Å². The second-order valence-corrected chi connectivity index (χ2v) is 5.16. The van der Waals surface area contributed by atoms with Crippen molar-refractivity contribution in [2.24, 2.45) is 0 Å². The van der Waals surface area contributed by atoms with Crippen molar-refractivity contribution in [1.82, 2.24) is 19.6 Å². The van der Waals surface area contributed by atoms with Crippen LogP contribution in [-0.2, 0) is 0 Å². The monoisotopic (exact) mass is 326 g/mol. The third kappa shape index (κ3) is 2.50. The van der Waals surface area contributed by atoms with Crippen molar-refractivity contribution in [3.8, 4) is 22.5 Å². The standard InChI is InChI=1S/C17H9F3N4/c18-12-3-1-10(2-4-12)15-8-16(24-17(23-15)21-9-22-24)11-5-13(19)7-14(20)6-11/h1-9H. The summed E-state index contributed by atoms with van der Waals surface area (Å²) in [6.07, 6.45) is 1.30. The van der Waals surface area contributed by atoms with Gasteiger partial charge < -0.3 is 0 Å². The molecule has 24 heavy (non-hydrogen) atoms. The predicted molar refractivity (Wildman–Crippen MR) is 81.5 cm³/mol. The SMILES string of the molecule is Fc1ccc(-c2cc(-c3cc(F)cc(F)c3)n3ncnc3n2)cc1. The Morgan fingerprint density at radius 3 is 2.17 bits per heavy atom. The number of halogens is 3. The van der Waals surface area contributed by atoms with Crippen LogP contribution in [0.25, 0.3) is 28.3 Å². The molecule has 0 atom stereocenters. The van der Waals surface area contributed by atoms with E-state index >= 15 is 0 Å². The van der Waals surface area contributed by atoms with Crippen molar-refractivity contribution < 1.29 is 13.2 Å². The molecule has 0 aliphatic rings. The van der Waals surface area contributed by atoms with Crippen LogP contribution in [0.3, 0.4) is 0 Å². The molecule has 4 aromatic rings. The normalized spacial score (nSPS) is 11.1. The maximum atomic E-state index is 13.6. The lowest BCUT2D eigenvalue weighted by atomic mass is 10.1. The van der Waals surface area contributed by atoms with Gasteiger partial charge in [0.1, 0.15) is 23.8 Å². The van der Waals surface area contributed by atoms with E-state index in [1.54, 1.807) is 18.2 Å². The summed E-state index contributed by atoms with van der Waals surface area (Å²) in [4.78, 5) is 8.38. The van der Waals surface area contributed by atoms with E-state index in [-0.39, 0.29) is 11.6 Å². The molecule has 0 N–H and O–H groups in total. The quantitative estimate of drug-likeness (QED) is 0.561. The minimum Gasteiger partial charge on any atom is -0.211 e. The zero-order chi connectivity index (χ0) is 16.7. The first-order chi connectivity index (χ1) is 11.6. The largest absolute Gasteiger partial charge is 0.253 e. The van der Waals surface area contributed by atoms with E-state index in [9.17, 15) is 13.2 Å². The van der Waals surface area contributed by atoms with Gasteiger partial charge in [0.05, 0.1) is 11.4 Å². The molecule has 0 radical (unpaired) electrons. The minimum atomic E-state index is -0.696. The molecule has 2 aromatic carbocycles. The van der Waals surface area contributed by atoms with Gasteiger partial charge >= 0.3 is 0 Å². The molecule has 7 heteroatoms. The average Bonchev–Trinajstić information content (AvgIpc) is 3.02. The highest BCUT2D eigenvalue weighted by Crippen LogP contribution is 2.26. The van der Waals surface area contributed by atoms with Crippen LogP contribution >= 0.6 is 0 Å². The van der Waals surface area contributed by atoms with Crippen LogP contribution in [0.2, 0.25) is 0 Å². The molecular formula is C17H9F3N4. The molecule has 118 valence electrons. The van der Waals surface area contributed by atoms with Crippen molar-refractivity contribution in [1.29, 1.82) is 0 Å². The van der Waals surface area contributed by atoms with Gasteiger partial charge in [0.15, 0.2) is 0 Å². The summed E-state index contributed by atoms with van der Waals surface area (Å²) in [5.74, 6) is -1.48. The fourth-order valence-corrected chi connectivity index (χ4v) is 2.49. The highest BCUT2D eigenvalue weighted by atomic mass is 19.1. The van der Waals surface area contributed by atoms with Crippen molar-refractivity contribution in [2.45, 2.75) is 0 Å². The Balaban J connectivity index is 1.97. The molecule has 0 aliphatic heterocycles. The number of hydrogen-bond acceptors (Lipinski definition) is 3. The van der Waals surface area contributed by atoms with E-state index in [1.165, 1.54) is 35.1 Å². The van der Waals surface area contributed by atoms with Gasteiger partial charge in [0.2, 0.25) is 0 Å². The molecule has 0 aliphatic carbocycles. The Morgan fingerprint density at radius 2 is 1.46 bits per heavy atom. The van der Waals surface area contributed by atoms with Gasteiger partial charge in [-0.1, -0.05) is 0 Å². The Hall–Kier alpha value is -3.22. The summed E-state index contributed by atoms with van der Waals surface area (Å²) in [6.45, 7) is 0. The van der Waals surface area contributed by atoms with Crippen LogP contribution in [0, 0.1) is 17.5 Å². The van der Waals surface area contributed by atoms with Crippen LogP contribution < -0.4 is 0 Å². The molecule has 2 aromatic heterocycles. The molecule has 4 rings (SSSR count). The first kappa shape index (κ1) is 14.4. The molecule has 4 nitrogen and oxygen atoms in total. The second-order valence-electron chi connectivity index (χ2n) is 5.16. The smallest absolute Gasteiger partial charge is 0.211 e. The van der Waals surface area contributed by atoms with Gasteiger partial charge in [0.25, 0.3) is 5.78 Å². The Bertz CT molecular complexity index is 1020. The highest BCUT2D eigenvalue weighted by Gasteiger charge is 2.13. The molecule has 0 amide bonds. The summed E-state index contributed by atoms with van der Waals surface area (Å²) < 4.78 is 41.6. The molecular weight excluding hydrogens is 317 g/mol. The fraction of sp³-hybridized carbons (Fsp3) is 0. The third-order valence-corrected chi connectivity index (χ3v) is 3.55. The third-order valence-electron chi connectivity index (χ3n) is 3.55. The zero-order valence-corrected chi connectivity index (χ0v) is 12.1. The number of fused-ring (bicyclic) bond motifs is 1. The number of nitrogens with zero attached hydrogens (tertiary/aromatic N) is 4. The van der Waals surface area contributed by atoms with Crippen molar-refractivity contribution in [2.75, 3.05) is 0 Å². The van der Waals surface area contributed by atoms with E-state index in [2.05, 4.69) is 15.1 Å². The molecule has 0 saturated heterocycles. The minimum absolute atomic E-state index is 0.275. The lowest BCUT2D eigenvalue weighted by Crippen LogP contribution is -1.99. The van der Waals surface area contributed by atoms with Crippen molar-refractivity contribution in [3.63, 3.8) is 0 Å². The Kier molecular flexibility index (Phi) is 3.26. The lowest BCUT2D eigenvalue weighted by Gasteiger charge is -2.08. The van der Waals surface area contributed by atoms with E-state index in [4.69, 9.17) is 0 Å². The van der Waals surface area contributed by atoms with Gasteiger partial charge in [-0.3, -0.25) is 0 Å². The van der Waals surface area contributed by atoms with E-state index in [0.29, 0.717) is 22.5 Å². The topological polar surface area (TPSA) is 43.1 Å². The Labute approximate surface area is 134 Å². The van der Waals surface area contributed by atoms with Crippen LogP contribution in [-0.4, -0.2) is 19.6 Å². The van der Waals surface area contributed by atoms with Crippen molar-refractivity contribution >= 4 is 5.78 Å². The average molecular weight is 326 g/mol. The van der Waals surface area contributed by atoms with E-state index in [0.717, 1.165) is 6.07 Å². The molecule has 2 heterocycles. The number of hydrogen-bond donors (Lipinski definition) is 0. The van der Waals surface area contributed by atoms with Gasteiger partial charge in [0, 0.05) is 17.2 Å². The predicted octanol–water partition coefficient (Wildman–Crippen LogP) is 3.88.